The molecule has 0 saturated carbocycles. The SMILES string of the molecule is COc1ccc(CCC(=O)O[C@H](C)C(=O)Nc2ccc(Cl)cc2F)cc1OC. The first kappa shape index (κ1) is 21.5. The average Bonchev–Trinajstić information content (AvgIpc) is 2.68. The summed E-state index contributed by atoms with van der Waals surface area (Å²) < 4.78 is 29.2. The van der Waals surface area contributed by atoms with E-state index in [1.807, 2.05) is 6.07 Å². The van der Waals surface area contributed by atoms with Gasteiger partial charge in [-0.05, 0) is 49.2 Å². The zero-order valence-electron chi connectivity index (χ0n) is 15.8. The fourth-order valence-corrected chi connectivity index (χ4v) is 2.58. The highest BCUT2D eigenvalue weighted by Gasteiger charge is 2.19. The van der Waals surface area contributed by atoms with E-state index in [9.17, 15) is 14.0 Å². The first-order valence-electron chi connectivity index (χ1n) is 8.50. The van der Waals surface area contributed by atoms with Crippen molar-refractivity contribution in [1.82, 2.24) is 0 Å². The number of methoxy groups -OCH3 is 2. The van der Waals surface area contributed by atoms with Crippen molar-refractivity contribution in [2.45, 2.75) is 25.9 Å². The second kappa shape index (κ2) is 9.94. The van der Waals surface area contributed by atoms with E-state index in [0.29, 0.717) is 17.9 Å². The van der Waals surface area contributed by atoms with Crippen molar-refractivity contribution < 1.29 is 28.2 Å². The van der Waals surface area contributed by atoms with Crippen LogP contribution in [0.2, 0.25) is 5.02 Å². The van der Waals surface area contributed by atoms with Gasteiger partial charge in [0.15, 0.2) is 17.6 Å². The molecule has 0 aliphatic carbocycles. The molecule has 0 aliphatic rings. The molecule has 0 unspecified atom stereocenters. The van der Waals surface area contributed by atoms with Crippen LogP contribution in [0.3, 0.4) is 0 Å². The van der Waals surface area contributed by atoms with E-state index in [0.717, 1.165) is 11.6 Å². The lowest BCUT2D eigenvalue weighted by Gasteiger charge is -2.14. The lowest BCUT2D eigenvalue weighted by Crippen LogP contribution is -2.30. The molecule has 0 fully saturated rings. The molecule has 28 heavy (non-hydrogen) atoms. The van der Waals surface area contributed by atoms with Crippen LogP contribution in [0.4, 0.5) is 10.1 Å². The van der Waals surface area contributed by atoms with Crippen LogP contribution in [0.15, 0.2) is 36.4 Å². The van der Waals surface area contributed by atoms with Crippen LogP contribution in [0, 0.1) is 5.82 Å². The molecule has 0 bridgehead atoms. The van der Waals surface area contributed by atoms with Crippen molar-refractivity contribution in [3.05, 3.63) is 52.8 Å². The molecule has 0 radical (unpaired) electrons. The predicted octanol–water partition coefficient (Wildman–Crippen LogP) is 4.00. The second-order valence-corrected chi connectivity index (χ2v) is 6.37. The second-order valence-electron chi connectivity index (χ2n) is 5.93. The molecule has 0 heterocycles. The van der Waals surface area contributed by atoms with Crippen molar-refractivity contribution >= 4 is 29.2 Å². The fraction of sp³-hybridized carbons (Fsp3) is 0.300. The average molecular weight is 410 g/mol. The first-order valence-corrected chi connectivity index (χ1v) is 8.88. The zero-order valence-corrected chi connectivity index (χ0v) is 16.5. The molecule has 2 aromatic rings. The molecule has 0 aliphatic heterocycles. The Balaban J connectivity index is 1.87. The highest BCUT2D eigenvalue weighted by Crippen LogP contribution is 2.28. The molecule has 2 aromatic carbocycles. The van der Waals surface area contributed by atoms with Gasteiger partial charge in [-0.3, -0.25) is 9.59 Å². The number of carbonyl (C=O) groups is 2. The van der Waals surface area contributed by atoms with Crippen molar-refractivity contribution in [2.24, 2.45) is 0 Å². The number of amides is 1. The number of hydrogen-bond acceptors (Lipinski definition) is 5. The maximum atomic E-state index is 13.7. The summed E-state index contributed by atoms with van der Waals surface area (Å²) in [4.78, 5) is 24.1. The van der Waals surface area contributed by atoms with Gasteiger partial charge in [0.05, 0.1) is 19.9 Å². The third-order valence-corrected chi connectivity index (χ3v) is 4.17. The summed E-state index contributed by atoms with van der Waals surface area (Å²) in [5.41, 5.74) is 0.817. The number of carbonyl (C=O) groups excluding carboxylic acids is 2. The summed E-state index contributed by atoms with van der Waals surface area (Å²) in [6, 6.07) is 9.19. The lowest BCUT2D eigenvalue weighted by molar-refractivity contribution is -0.153. The Morgan fingerprint density at radius 1 is 1.11 bits per heavy atom. The summed E-state index contributed by atoms with van der Waals surface area (Å²) in [7, 11) is 3.07. The minimum Gasteiger partial charge on any atom is -0.493 e. The van der Waals surface area contributed by atoms with Crippen LogP contribution in [0.1, 0.15) is 18.9 Å². The third-order valence-electron chi connectivity index (χ3n) is 3.93. The third kappa shape index (κ3) is 5.85. The van der Waals surface area contributed by atoms with Gasteiger partial charge < -0.3 is 19.5 Å². The molecule has 8 heteroatoms. The van der Waals surface area contributed by atoms with Gasteiger partial charge in [-0.15, -0.1) is 0 Å². The van der Waals surface area contributed by atoms with Crippen LogP contribution < -0.4 is 14.8 Å². The number of halogens is 2. The van der Waals surface area contributed by atoms with Gasteiger partial charge in [-0.1, -0.05) is 17.7 Å². The molecule has 0 saturated heterocycles. The number of benzene rings is 2. The highest BCUT2D eigenvalue weighted by atomic mass is 35.5. The topological polar surface area (TPSA) is 73.9 Å². The normalized spacial score (nSPS) is 11.5. The van der Waals surface area contributed by atoms with Gasteiger partial charge in [0.2, 0.25) is 0 Å². The van der Waals surface area contributed by atoms with Crippen LogP contribution in [0.5, 0.6) is 11.5 Å². The summed E-state index contributed by atoms with van der Waals surface area (Å²) >= 11 is 5.67. The van der Waals surface area contributed by atoms with Crippen LogP contribution in [-0.2, 0) is 20.7 Å². The number of aryl methyl sites for hydroxylation is 1. The summed E-state index contributed by atoms with van der Waals surface area (Å²) in [5.74, 6) is -0.706. The Kier molecular flexibility index (Phi) is 7.63. The summed E-state index contributed by atoms with van der Waals surface area (Å²) in [5, 5.41) is 2.58. The molecule has 2 rings (SSSR count). The van der Waals surface area contributed by atoms with Crippen molar-refractivity contribution in [2.75, 3.05) is 19.5 Å². The molecule has 6 nitrogen and oxygen atoms in total. The van der Waals surface area contributed by atoms with E-state index in [1.54, 1.807) is 12.1 Å². The number of ether oxygens (including phenoxy) is 3. The van der Waals surface area contributed by atoms with Crippen molar-refractivity contribution in [1.29, 1.82) is 0 Å². The van der Waals surface area contributed by atoms with E-state index in [1.165, 1.54) is 33.3 Å². The molecule has 0 aromatic heterocycles. The van der Waals surface area contributed by atoms with E-state index in [4.69, 9.17) is 25.8 Å². The van der Waals surface area contributed by atoms with Crippen LogP contribution >= 0.6 is 11.6 Å². The zero-order chi connectivity index (χ0) is 20.7. The van der Waals surface area contributed by atoms with Gasteiger partial charge in [0.1, 0.15) is 5.82 Å². The Labute approximate surface area is 167 Å². The number of rotatable bonds is 8. The Bertz CT molecular complexity index is 858. The molecular weight excluding hydrogens is 389 g/mol. The minimum absolute atomic E-state index is 0.0392. The van der Waals surface area contributed by atoms with Crippen LogP contribution in [0.25, 0.3) is 0 Å². The standard InChI is InChI=1S/C20H21ClFNO5/c1-12(20(25)23-16-7-6-14(21)11-15(16)22)28-19(24)9-5-13-4-8-17(26-2)18(10-13)27-3/h4,6-8,10-12H,5,9H2,1-3H3,(H,23,25)/t12-/m1/s1. The largest absolute Gasteiger partial charge is 0.493 e. The monoisotopic (exact) mass is 409 g/mol. The molecule has 1 N–H and O–H groups in total. The molecule has 1 atom stereocenters. The van der Waals surface area contributed by atoms with E-state index in [-0.39, 0.29) is 17.1 Å². The van der Waals surface area contributed by atoms with Gasteiger partial charge in [-0.25, -0.2) is 4.39 Å². The number of nitrogens with one attached hydrogen (secondary N) is 1. The lowest BCUT2D eigenvalue weighted by atomic mass is 10.1. The minimum atomic E-state index is -1.08. The fourth-order valence-electron chi connectivity index (χ4n) is 2.42. The van der Waals surface area contributed by atoms with Gasteiger partial charge in [0, 0.05) is 11.4 Å². The number of esters is 1. The van der Waals surface area contributed by atoms with Gasteiger partial charge in [0.25, 0.3) is 5.91 Å². The van der Waals surface area contributed by atoms with E-state index < -0.39 is 23.8 Å². The Morgan fingerprint density at radius 3 is 2.46 bits per heavy atom. The Hall–Kier alpha value is -2.80. The summed E-state index contributed by atoms with van der Waals surface area (Å²) in [6.45, 7) is 1.41. The predicted molar refractivity (Wildman–Crippen MR) is 103 cm³/mol. The van der Waals surface area contributed by atoms with E-state index >= 15 is 0 Å². The van der Waals surface area contributed by atoms with Crippen molar-refractivity contribution in [3.63, 3.8) is 0 Å². The maximum absolute atomic E-state index is 13.7. The molecule has 150 valence electrons. The summed E-state index contributed by atoms with van der Waals surface area (Å²) in [6.07, 6.45) is -0.602. The van der Waals surface area contributed by atoms with Crippen LogP contribution in [-0.4, -0.2) is 32.2 Å². The quantitative estimate of drug-likeness (QED) is 0.667. The Morgan fingerprint density at radius 2 is 1.82 bits per heavy atom. The number of anilines is 1. The highest BCUT2D eigenvalue weighted by molar-refractivity contribution is 6.30. The van der Waals surface area contributed by atoms with Crippen molar-refractivity contribution in [3.8, 4) is 11.5 Å². The molecular formula is C20H21ClFNO5. The maximum Gasteiger partial charge on any atom is 0.306 e. The first-order chi connectivity index (χ1) is 13.3. The van der Waals surface area contributed by atoms with E-state index in [2.05, 4.69) is 5.32 Å². The smallest absolute Gasteiger partial charge is 0.306 e. The molecule has 1 amide bonds. The van der Waals surface area contributed by atoms with Gasteiger partial charge >= 0.3 is 5.97 Å². The van der Waals surface area contributed by atoms with Gasteiger partial charge in [-0.2, -0.15) is 0 Å². The molecule has 0 spiro atoms. The number of hydrogen-bond donors (Lipinski definition) is 1.